The summed E-state index contributed by atoms with van der Waals surface area (Å²) in [6.45, 7) is 3.78. The Morgan fingerprint density at radius 2 is 2.29 bits per heavy atom. The maximum atomic E-state index is 12.2. The third-order valence-corrected chi connectivity index (χ3v) is 4.77. The molecule has 2 N–H and O–H groups in total. The molecule has 1 heterocycles. The number of nitrogens with one attached hydrogen (secondary N) is 1. The first-order valence-corrected chi connectivity index (χ1v) is 6.75. The van der Waals surface area contributed by atoms with Crippen molar-refractivity contribution in [3.63, 3.8) is 0 Å². The Kier molecular flexibility index (Phi) is 3.33. The van der Waals surface area contributed by atoms with E-state index in [0.29, 0.717) is 11.3 Å². The van der Waals surface area contributed by atoms with E-state index in [1.807, 2.05) is 13.0 Å². The molecule has 1 aliphatic heterocycles. The number of carbonyl (C=O) groups excluding carboxylic acids is 1. The summed E-state index contributed by atoms with van der Waals surface area (Å²) in [6.07, 6.45) is 2.01. The Morgan fingerprint density at radius 3 is 2.94 bits per heavy atom. The van der Waals surface area contributed by atoms with Crippen molar-refractivity contribution in [3.8, 4) is 5.75 Å². The van der Waals surface area contributed by atoms with Crippen LogP contribution in [0.15, 0.2) is 18.2 Å². The summed E-state index contributed by atoms with van der Waals surface area (Å²) < 4.78 is -0.322. The zero-order chi connectivity index (χ0) is 12.5. The lowest BCUT2D eigenvalue weighted by Gasteiger charge is -2.22. The maximum absolute atomic E-state index is 12.2. The molecule has 0 aliphatic carbocycles. The van der Waals surface area contributed by atoms with Crippen molar-refractivity contribution in [2.75, 3.05) is 11.1 Å². The number of anilines is 1. The number of phenolic OH excluding ortho intramolecular Hbond substituents is 1. The highest BCUT2D eigenvalue weighted by Gasteiger charge is 2.37. The summed E-state index contributed by atoms with van der Waals surface area (Å²) in [5.41, 5.74) is 1.41. The summed E-state index contributed by atoms with van der Waals surface area (Å²) in [6, 6.07) is 5.18. The summed E-state index contributed by atoms with van der Waals surface area (Å²) in [7, 11) is 0. The first-order valence-electron chi connectivity index (χ1n) is 5.77. The van der Waals surface area contributed by atoms with Gasteiger partial charge in [-0.15, -0.1) is 11.8 Å². The van der Waals surface area contributed by atoms with E-state index in [9.17, 15) is 9.90 Å². The number of aromatic hydroxyl groups is 1. The zero-order valence-electron chi connectivity index (χ0n) is 10.1. The number of hydrogen-bond acceptors (Lipinski definition) is 3. The van der Waals surface area contributed by atoms with Crippen LogP contribution in [0.25, 0.3) is 0 Å². The van der Waals surface area contributed by atoms with Gasteiger partial charge in [-0.25, -0.2) is 0 Å². The largest absolute Gasteiger partial charge is 0.508 e. The van der Waals surface area contributed by atoms with Crippen LogP contribution in [-0.2, 0) is 4.79 Å². The van der Waals surface area contributed by atoms with Gasteiger partial charge in [0.05, 0.1) is 4.75 Å². The molecule has 0 saturated carbocycles. The minimum atomic E-state index is -0.322. The van der Waals surface area contributed by atoms with Gasteiger partial charge in [-0.05, 0) is 44.6 Å². The SMILES string of the molecule is Cc1c(O)cccc1NC(=O)C1(C)CCCS1. The Bertz CT molecular complexity index is 439. The monoisotopic (exact) mass is 251 g/mol. The van der Waals surface area contributed by atoms with Crippen molar-refractivity contribution in [2.24, 2.45) is 0 Å². The smallest absolute Gasteiger partial charge is 0.240 e. The molecule has 92 valence electrons. The van der Waals surface area contributed by atoms with E-state index in [2.05, 4.69) is 5.32 Å². The van der Waals surface area contributed by atoms with Crippen LogP contribution >= 0.6 is 11.8 Å². The predicted octanol–water partition coefficient (Wildman–Crippen LogP) is 2.92. The topological polar surface area (TPSA) is 49.3 Å². The lowest BCUT2D eigenvalue weighted by Crippen LogP contribution is -2.34. The Hall–Kier alpha value is -1.16. The third kappa shape index (κ3) is 2.41. The van der Waals surface area contributed by atoms with Crippen LogP contribution in [0.3, 0.4) is 0 Å². The van der Waals surface area contributed by atoms with Crippen LogP contribution in [-0.4, -0.2) is 21.5 Å². The summed E-state index contributed by atoms with van der Waals surface area (Å²) in [4.78, 5) is 12.2. The fraction of sp³-hybridized carbons (Fsp3) is 0.462. The standard InChI is InChI=1S/C13H17NO2S/c1-9-10(5-3-6-11(9)15)14-12(16)13(2)7-4-8-17-13/h3,5-6,15H,4,7-8H2,1-2H3,(H,14,16). The molecule has 0 spiro atoms. The Morgan fingerprint density at radius 1 is 1.53 bits per heavy atom. The van der Waals surface area contributed by atoms with E-state index < -0.39 is 0 Å². The van der Waals surface area contributed by atoms with E-state index in [0.717, 1.165) is 18.6 Å². The predicted molar refractivity (Wildman–Crippen MR) is 71.6 cm³/mol. The second-order valence-corrected chi connectivity index (χ2v) is 6.18. The highest BCUT2D eigenvalue weighted by Crippen LogP contribution is 2.39. The van der Waals surface area contributed by atoms with Crippen LogP contribution in [0.1, 0.15) is 25.3 Å². The van der Waals surface area contributed by atoms with Crippen molar-refractivity contribution < 1.29 is 9.90 Å². The fourth-order valence-corrected chi connectivity index (χ4v) is 3.18. The van der Waals surface area contributed by atoms with Crippen LogP contribution in [0.5, 0.6) is 5.75 Å². The van der Waals surface area contributed by atoms with Gasteiger partial charge >= 0.3 is 0 Å². The molecule has 0 bridgehead atoms. The molecule has 1 unspecified atom stereocenters. The number of rotatable bonds is 2. The van der Waals surface area contributed by atoms with E-state index in [1.165, 1.54) is 0 Å². The van der Waals surface area contributed by atoms with Crippen molar-refractivity contribution in [1.82, 2.24) is 0 Å². The Balaban J connectivity index is 2.16. The van der Waals surface area contributed by atoms with Crippen molar-refractivity contribution in [2.45, 2.75) is 31.4 Å². The quantitative estimate of drug-likeness (QED) is 0.849. The molecule has 1 amide bonds. The van der Waals surface area contributed by atoms with Gasteiger partial charge in [0.25, 0.3) is 0 Å². The summed E-state index contributed by atoms with van der Waals surface area (Å²) in [5, 5.41) is 12.5. The van der Waals surface area contributed by atoms with Crippen molar-refractivity contribution in [1.29, 1.82) is 0 Å². The fourth-order valence-electron chi connectivity index (χ4n) is 1.97. The number of amides is 1. The molecule has 17 heavy (non-hydrogen) atoms. The highest BCUT2D eigenvalue weighted by atomic mass is 32.2. The van der Waals surface area contributed by atoms with Crippen molar-refractivity contribution >= 4 is 23.4 Å². The number of carbonyl (C=O) groups is 1. The molecule has 3 nitrogen and oxygen atoms in total. The van der Waals surface area contributed by atoms with Crippen LogP contribution < -0.4 is 5.32 Å². The second kappa shape index (κ2) is 4.61. The number of benzene rings is 1. The first kappa shape index (κ1) is 12.3. The van der Waals surface area contributed by atoms with Gasteiger partial charge in [-0.3, -0.25) is 4.79 Å². The van der Waals surface area contributed by atoms with Gasteiger partial charge < -0.3 is 10.4 Å². The molecule has 0 aromatic heterocycles. The number of thioether (sulfide) groups is 1. The maximum Gasteiger partial charge on any atom is 0.240 e. The highest BCUT2D eigenvalue weighted by molar-refractivity contribution is 8.01. The van der Waals surface area contributed by atoms with E-state index in [4.69, 9.17) is 0 Å². The molecule has 1 aromatic rings. The number of phenols is 1. The molecule has 1 aromatic carbocycles. The van der Waals surface area contributed by atoms with Crippen LogP contribution in [0.4, 0.5) is 5.69 Å². The lowest BCUT2D eigenvalue weighted by molar-refractivity contribution is -0.118. The van der Waals surface area contributed by atoms with Gasteiger partial charge in [-0.2, -0.15) is 0 Å². The van der Waals surface area contributed by atoms with Gasteiger partial charge in [0, 0.05) is 11.3 Å². The summed E-state index contributed by atoms with van der Waals surface area (Å²) >= 11 is 1.71. The molecular weight excluding hydrogens is 234 g/mol. The minimum absolute atomic E-state index is 0.0358. The molecular formula is C13H17NO2S. The molecule has 1 fully saturated rings. The molecule has 2 rings (SSSR count). The molecule has 1 saturated heterocycles. The van der Waals surface area contributed by atoms with E-state index >= 15 is 0 Å². The van der Waals surface area contributed by atoms with Crippen molar-refractivity contribution in [3.05, 3.63) is 23.8 Å². The normalized spacial score (nSPS) is 23.6. The average Bonchev–Trinajstić information content (AvgIpc) is 2.73. The first-order chi connectivity index (χ1) is 8.03. The lowest BCUT2D eigenvalue weighted by atomic mass is 10.0. The molecule has 1 atom stereocenters. The number of hydrogen-bond donors (Lipinski definition) is 2. The van der Waals surface area contributed by atoms with Crippen LogP contribution in [0.2, 0.25) is 0 Å². The third-order valence-electron chi connectivity index (χ3n) is 3.25. The molecule has 0 radical (unpaired) electrons. The zero-order valence-corrected chi connectivity index (χ0v) is 10.9. The second-order valence-electron chi connectivity index (χ2n) is 4.59. The molecule has 1 aliphatic rings. The molecule has 4 heteroatoms. The van der Waals surface area contributed by atoms with Gasteiger partial charge in [-0.1, -0.05) is 6.07 Å². The van der Waals surface area contributed by atoms with E-state index in [1.54, 1.807) is 30.8 Å². The van der Waals surface area contributed by atoms with Gasteiger partial charge in [0.2, 0.25) is 5.91 Å². The van der Waals surface area contributed by atoms with Gasteiger partial charge in [0.1, 0.15) is 5.75 Å². The van der Waals surface area contributed by atoms with E-state index in [-0.39, 0.29) is 16.4 Å². The van der Waals surface area contributed by atoms with Crippen LogP contribution in [0, 0.1) is 6.92 Å². The summed E-state index contributed by atoms with van der Waals surface area (Å²) in [5.74, 6) is 1.30. The minimum Gasteiger partial charge on any atom is -0.508 e. The average molecular weight is 251 g/mol. The Labute approximate surface area is 106 Å². The van der Waals surface area contributed by atoms with Gasteiger partial charge in [0.15, 0.2) is 0 Å².